The topological polar surface area (TPSA) is 3.24 Å². The smallest absolute Gasteiger partial charge is 0.0202 e. The summed E-state index contributed by atoms with van der Waals surface area (Å²) in [6.07, 6.45) is 7.43. The third-order valence-electron chi connectivity index (χ3n) is 5.19. The number of nitrogens with zero attached hydrogens (tertiary/aromatic N) is 1. The van der Waals surface area contributed by atoms with Gasteiger partial charge in [0, 0.05) is 17.6 Å². The summed E-state index contributed by atoms with van der Waals surface area (Å²) in [6, 6.07) is 1.92. The molecule has 1 heteroatoms. The summed E-state index contributed by atoms with van der Waals surface area (Å²) in [6.45, 7) is 7.31. The summed E-state index contributed by atoms with van der Waals surface area (Å²) >= 11 is 0. The van der Waals surface area contributed by atoms with E-state index in [-0.39, 0.29) is 0 Å². The maximum absolute atomic E-state index is 2.87. The van der Waals surface area contributed by atoms with Crippen LogP contribution in [0.3, 0.4) is 0 Å². The average molecular weight is 193 g/mol. The van der Waals surface area contributed by atoms with Crippen LogP contribution in [0.15, 0.2) is 0 Å². The van der Waals surface area contributed by atoms with Crippen LogP contribution in [0.2, 0.25) is 0 Å². The molecule has 80 valence electrons. The molecule has 0 aliphatic carbocycles. The average Bonchev–Trinajstić information content (AvgIpc) is 2.39. The SMILES string of the molecule is CC(C)C1CC2CCC3(C)CC(C1)N23. The van der Waals surface area contributed by atoms with Crippen molar-refractivity contribution >= 4 is 0 Å². The molecule has 0 aromatic heterocycles. The minimum absolute atomic E-state index is 0.636. The Morgan fingerprint density at radius 3 is 2.64 bits per heavy atom. The van der Waals surface area contributed by atoms with E-state index in [1.54, 1.807) is 0 Å². The van der Waals surface area contributed by atoms with Crippen molar-refractivity contribution in [2.45, 2.75) is 70.5 Å². The number of hydrogen-bond acceptors (Lipinski definition) is 1. The van der Waals surface area contributed by atoms with Crippen molar-refractivity contribution < 1.29 is 0 Å². The van der Waals surface area contributed by atoms with Crippen molar-refractivity contribution in [2.24, 2.45) is 11.8 Å². The maximum Gasteiger partial charge on any atom is 0.0202 e. The number of hydrogen-bond donors (Lipinski definition) is 0. The normalized spacial score (nSPS) is 51.9. The van der Waals surface area contributed by atoms with Gasteiger partial charge in [-0.3, -0.25) is 4.90 Å². The molecule has 3 saturated heterocycles. The zero-order valence-corrected chi connectivity index (χ0v) is 9.79. The Hall–Kier alpha value is -0.0400. The van der Waals surface area contributed by atoms with Gasteiger partial charge < -0.3 is 0 Å². The van der Waals surface area contributed by atoms with Crippen LogP contribution in [-0.2, 0) is 0 Å². The summed E-state index contributed by atoms with van der Waals surface area (Å²) in [5.74, 6) is 1.92. The van der Waals surface area contributed by atoms with Gasteiger partial charge in [0.25, 0.3) is 0 Å². The number of piperidine rings is 1. The lowest BCUT2D eigenvalue weighted by Gasteiger charge is -2.59. The van der Waals surface area contributed by atoms with Crippen LogP contribution in [0.5, 0.6) is 0 Å². The van der Waals surface area contributed by atoms with E-state index >= 15 is 0 Å². The second-order valence-electron chi connectivity index (χ2n) is 6.43. The predicted octanol–water partition coefficient (Wildman–Crippen LogP) is 3.05. The van der Waals surface area contributed by atoms with Gasteiger partial charge in [-0.15, -0.1) is 0 Å². The predicted molar refractivity (Wildman–Crippen MR) is 59.2 cm³/mol. The van der Waals surface area contributed by atoms with E-state index in [1.165, 1.54) is 32.1 Å². The molecule has 4 atom stereocenters. The van der Waals surface area contributed by atoms with Gasteiger partial charge in [-0.1, -0.05) is 13.8 Å². The van der Waals surface area contributed by atoms with Crippen LogP contribution < -0.4 is 0 Å². The van der Waals surface area contributed by atoms with E-state index in [0.29, 0.717) is 5.54 Å². The molecule has 3 aliphatic heterocycles. The highest BCUT2D eigenvalue weighted by Gasteiger charge is 2.57. The molecule has 0 saturated carbocycles. The Balaban J connectivity index is 1.77. The zero-order chi connectivity index (χ0) is 9.92. The van der Waals surface area contributed by atoms with Crippen molar-refractivity contribution in [3.05, 3.63) is 0 Å². The molecule has 0 amide bonds. The fraction of sp³-hybridized carbons (Fsp3) is 1.00. The first-order chi connectivity index (χ1) is 6.60. The Labute approximate surface area is 87.9 Å². The Bertz CT molecular complexity index is 248. The first-order valence-electron chi connectivity index (χ1n) is 6.38. The number of rotatable bonds is 1. The highest BCUT2D eigenvalue weighted by atomic mass is 15.3. The second kappa shape index (κ2) is 2.75. The van der Waals surface area contributed by atoms with Crippen LogP contribution in [0.1, 0.15) is 52.9 Å². The molecule has 0 radical (unpaired) electrons. The van der Waals surface area contributed by atoms with Crippen LogP contribution in [0.4, 0.5) is 0 Å². The van der Waals surface area contributed by atoms with Gasteiger partial charge in [-0.05, 0) is 50.9 Å². The van der Waals surface area contributed by atoms with Crippen molar-refractivity contribution in [3.63, 3.8) is 0 Å². The highest BCUT2D eigenvalue weighted by Crippen LogP contribution is 2.54. The van der Waals surface area contributed by atoms with Crippen LogP contribution in [0.25, 0.3) is 0 Å². The molecule has 3 aliphatic rings. The Kier molecular flexibility index (Phi) is 1.81. The molecule has 0 aromatic rings. The lowest BCUT2D eigenvalue weighted by atomic mass is 9.71. The minimum atomic E-state index is 0.636. The Morgan fingerprint density at radius 1 is 1.21 bits per heavy atom. The lowest BCUT2D eigenvalue weighted by molar-refractivity contribution is -0.0972. The molecule has 0 spiro atoms. The van der Waals surface area contributed by atoms with Crippen LogP contribution in [-0.4, -0.2) is 22.5 Å². The Morgan fingerprint density at radius 2 is 1.93 bits per heavy atom. The maximum atomic E-state index is 2.87. The molecule has 0 N–H and O–H groups in total. The van der Waals surface area contributed by atoms with E-state index in [9.17, 15) is 0 Å². The van der Waals surface area contributed by atoms with Crippen LogP contribution >= 0.6 is 0 Å². The molecule has 4 unspecified atom stereocenters. The highest BCUT2D eigenvalue weighted by molar-refractivity contribution is 5.13. The lowest BCUT2D eigenvalue weighted by Crippen LogP contribution is -2.66. The van der Waals surface area contributed by atoms with Gasteiger partial charge in [-0.2, -0.15) is 0 Å². The van der Waals surface area contributed by atoms with E-state index in [2.05, 4.69) is 25.7 Å². The summed E-state index contributed by atoms with van der Waals surface area (Å²) in [4.78, 5) is 2.87. The van der Waals surface area contributed by atoms with E-state index < -0.39 is 0 Å². The van der Waals surface area contributed by atoms with Crippen molar-refractivity contribution in [1.29, 1.82) is 0 Å². The fourth-order valence-electron chi connectivity index (χ4n) is 4.39. The third kappa shape index (κ3) is 1.05. The molecule has 0 aromatic carbocycles. The summed E-state index contributed by atoms with van der Waals surface area (Å²) < 4.78 is 0. The van der Waals surface area contributed by atoms with Gasteiger partial charge in [0.1, 0.15) is 0 Å². The molecule has 0 bridgehead atoms. The van der Waals surface area contributed by atoms with E-state index in [4.69, 9.17) is 0 Å². The fourth-order valence-corrected chi connectivity index (χ4v) is 4.39. The monoisotopic (exact) mass is 193 g/mol. The largest absolute Gasteiger partial charge is 0.292 e. The quantitative estimate of drug-likeness (QED) is 0.618. The van der Waals surface area contributed by atoms with Crippen LogP contribution in [0, 0.1) is 11.8 Å². The van der Waals surface area contributed by atoms with E-state index in [1.807, 2.05) is 0 Å². The molecule has 14 heavy (non-hydrogen) atoms. The molecule has 1 nitrogen and oxygen atoms in total. The van der Waals surface area contributed by atoms with Gasteiger partial charge in [0.05, 0.1) is 0 Å². The molecular formula is C13H23N. The van der Waals surface area contributed by atoms with Crippen molar-refractivity contribution in [1.82, 2.24) is 4.90 Å². The summed E-state index contributed by atoms with van der Waals surface area (Å²) in [5, 5.41) is 0. The zero-order valence-electron chi connectivity index (χ0n) is 9.79. The van der Waals surface area contributed by atoms with Gasteiger partial charge >= 0.3 is 0 Å². The molecular weight excluding hydrogens is 170 g/mol. The van der Waals surface area contributed by atoms with E-state index in [0.717, 1.165) is 23.9 Å². The summed E-state index contributed by atoms with van der Waals surface area (Å²) in [5.41, 5.74) is 0.636. The van der Waals surface area contributed by atoms with Crippen molar-refractivity contribution in [3.8, 4) is 0 Å². The van der Waals surface area contributed by atoms with Gasteiger partial charge in [0.2, 0.25) is 0 Å². The molecule has 3 heterocycles. The molecule has 3 fully saturated rings. The van der Waals surface area contributed by atoms with Gasteiger partial charge in [0.15, 0.2) is 0 Å². The molecule has 3 rings (SSSR count). The van der Waals surface area contributed by atoms with Gasteiger partial charge in [-0.25, -0.2) is 0 Å². The minimum Gasteiger partial charge on any atom is -0.292 e. The van der Waals surface area contributed by atoms with Crippen molar-refractivity contribution in [2.75, 3.05) is 0 Å². The standard InChI is InChI=1S/C13H23N/c1-9(2)10-6-11-4-5-13(3)8-12(7-10)14(11)13/h9-12H,4-8H2,1-3H3. The third-order valence-corrected chi connectivity index (χ3v) is 5.19. The second-order valence-corrected chi connectivity index (χ2v) is 6.43. The first-order valence-corrected chi connectivity index (χ1v) is 6.38. The summed E-state index contributed by atoms with van der Waals surface area (Å²) in [7, 11) is 0. The first kappa shape index (κ1) is 9.21.